The number of aliphatic carboxylic acids is 1. The SMILES string of the molecule is CCC(OC(=O)c1cccc(C#N)c1)C(=O)O. The number of benzene rings is 1. The van der Waals surface area contributed by atoms with Crippen LogP contribution in [0.25, 0.3) is 0 Å². The molecule has 1 aromatic rings. The van der Waals surface area contributed by atoms with Crippen molar-refractivity contribution in [2.24, 2.45) is 0 Å². The lowest BCUT2D eigenvalue weighted by atomic mass is 10.1. The smallest absolute Gasteiger partial charge is 0.345 e. The van der Waals surface area contributed by atoms with Gasteiger partial charge in [0.2, 0.25) is 0 Å². The van der Waals surface area contributed by atoms with Gasteiger partial charge < -0.3 is 9.84 Å². The van der Waals surface area contributed by atoms with E-state index in [1.807, 2.05) is 6.07 Å². The molecule has 1 N–H and O–H groups in total. The maximum atomic E-state index is 11.6. The Balaban J connectivity index is 2.83. The highest BCUT2D eigenvalue weighted by molar-refractivity contribution is 5.91. The van der Waals surface area contributed by atoms with Gasteiger partial charge in [-0.25, -0.2) is 9.59 Å². The van der Waals surface area contributed by atoms with Crippen molar-refractivity contribution in [3.63, 3.8) is 0 Å². The number of rotatable bonds is 4. The second kappa shape index (κ2) is 5.66. The van der Waals surface area contributed by atoms with Crippen LogP contribution in [0.2, 0.25) is 0 Å². The number of carbonyl (C=O) groups excluding carboxylic acids is 1. The monoisotopic (exact) mass is 233 g/mol. The molecule has 1 unspecified atom stereocenters. The zero-order chi connectivity index (χ0) is 12.8. The van der Waals surface area contributed by atoms with Crippen molar-refractivity contribution in [2.45, 2.75) is 19.4 Å². The minimum atomic E-state index is -1.18. The molecule has 1 rings (SSSR count). The van der Waals surface area contributed by atoms with Gasteiger partial charge in [-0.3, -0.25) is 0 Å². The fraction of sp³-hybridized carbons (Fsp3) is 0.250. The van der Waals surface area contributed by atoms with Crippen LogP contribution in [-0.2, 0) is 9.53 Å². The van der Waals surface area contributed by atoms with Crippen molar-refractivity contribution >= 4 is 11.9 Å². The zero-order valence-electron chi connectivity index (χ0n) is 9.21. The fourth-order valence-electron chi connectivity index (χ4n) is 1.22. The standard InChI is InChI=1S/C12H11NO4/c1-2-10(11(14)15)17-12(16)9-5-3-4-8(6-9)7-13/h3-6,10H,2H2,1H3,(H,14,15). The summed E-state index contributed by atoms with van der Waals surface area (Å²) >= 11 is 0. The summed E-state index contributed by atoms with van der Waals surface area (Å²) in [4.78, 5) is 22.3. The van der Waals surface area contributed by atoms with Crippen molar-refractivity contribution < 1.29 is 19.4 Å². The first-order valence-corrected chi connectivity index (χ1v) is 5.02. The van der Waals surface area contributed by atoms with Gasteiger partial charge in [-0.15, -0.1) is 0 Å². The Morgan fingerprint density at radius 1 is 1.53 bits per heavy atom. The Bertz CT molecular complexity index is 476. The highest BCUT2D eigenvalue weighted by atomic mass is 16.6. The Kier molecular flexibility index (Phi) is 4.23. The number of nitriles is 1. The summed E-state index contributed by atoms with van der Waals surface area (Å²) in [6.07, 6.45) is -0.966. The molecular weight excluding hydrogens is 222 g/mol. The number of hydrogen-bond acceptors (Lipinski definition) is 4. The van der Waals surface area contributed by atoms with E-state index in [-0.39, 0.29) is 12.0 Å². The Hall–Kier alpha value is -2.35. The number of carboxylic acids is 1. The maximum absolute atomic E-state index is 11.6. The van der Waals surface area contributed by atoms with Gasteiger partial charge in [-0.2, -0.15) is 5.26 Å². The largest absolute Gasteiger partial charge is 0.479 e. The zero-order valence-corrected chi connectivity index (χ0v) is 9.21. The third kappa shape index (κ3) is 3.31. The van der Waals surface area contributed by atoms with Crippen LogP contribution in [0, 0.1) is 11.3 Å². The van der Waals surface area contributed by atoms with E-state index in [4.69, 9.17) is 15.1 Å². The molecule has 0 amide bonds. The molecular formula is C12H11NO4. The van der Waals surface area contributed by atoms with Gasteiger partial charge in [0.25, 0.3) is 0 Å². The third-order valence-corrected chi connectivity index (χ3v) is 2.12. The number of carboxylic acid groups (broad SMARTS) is 1. The summed E-state index contributed by atoms with van der Waals surface area (Å²) in [5, 5.41) is 17.4. The normalized spacial score (nSPS) is 11.3. The second-order valence-corrected chi connectivity index (χ2v) is 3.33. The molecule has 0 saturated carbocycles. The fourth-order valence-corrected chi connectivity index (χ4v) is 1.22. The molecule has 0 aromatic heterocycles. The summed E-state index contributed by atoms with van der Waals surface area (Å²) < 4.78 is 4.80. The van der Waals surface area contributed by atoms with E-state index in [1.54, 1.807) is 13.0 Å². The maximum Gasteiger partial charge on any atom is 0.345 e. The van der Waals surface area contributed by atoms with Gasteiger partial charge in [0.15, 0.2) is 6.10 Å². The van der Waals surface area contributed by atoms with E-state index in [0.29, 0.717) is 5.56 Å². The quantitative estimate of drug-likeness (QED) is 0.797. The first-order valence-electron chi connectivity index (χ1n) is 5.02. The average molecular weight is 233 g/mol. The van der Waals surface area contributed by atoms with Crippen LogP contribution in [0.15, 0.2) is 24.3 Å². The van der Waals surface area contributed by atoms with Crippen LogP contribution < -0.4 is 0 Å². The van der Waals surface area contributed by atoms with Crippen molar-refractivity contribution in [2.75, 3.05) is 0 Å². The second-order valence-electron chi connectivity index (χ2n) is 3.33. The summed E-state index contributed by atoms with van der Waals surface area (Å²) in [6, 6.07) is 7.80. The molecule has 1 aromatic carbocycles. The Morgan fingerprint density at radius 2 is 2.24 bits per heavy atom. The molecule has 0 aliphatic heterocycles. The molecule has 0 aliphatic carbocycles. The van der Waals surface area contributed by atoms with Gasteiger partial charge in [0, 0.05) is 0 Å². The van der Waals surface area contributed by atoms with Gasteiger partial charge in [0.1, 0.15) is 0 Å². The van der Waals surface area contributed by atoms with Gasteiger partial charge in [0.05, 0.1) is 17.2 Å². The van der Waals surface area contributed by atoms with Crippen LogP contribution in [-0.4, -0.2) is 23.1 Å². The lowest BCUT2D eigenvalue weighted by Gasteiger charge is -2.11. The lowest BCUT2D eigenvalue weighted by Crippen LogP contribution is -2.26. The van der Waals surface area contributed by atoms with Crippen molar-refractivity contribution in [1.29, 1.82) is 5.26 Å². The van der Waals surface area contributed by atoms with E-state index < -0.39 is 18.0 Å². The molecule has 0 fully saturated rings. The summed E-state index contributed by atoms with van der Waals surface area (Å²) in [6.45, 7) is 1.61. The topological polar surface area (TPSA) is 87.4 Å². The molecule has 0 bridgehead atoms. The van der Waals surface area contributed by atoms with E-state index in [2.05, 4.69) is 0 Å². The summed E-state index contributed by atoms with van der Waals surface area (Å²) in [5.74, 6) is -1.92. The highest BCUT2D eigenvalue weighted by Crippen LogP contribution is 2.09. The van der Waals surface area contributed by atoms with E-state index in [0.717, 1.165) is 0 Å². The number of nitrogens with zero attached hydrogens (tertiary/aromatic N) is 1. The van der Waals surface area contributed by atoms with Crippen molar-refractivity contribution in [3.8, 4) is 6.07 Å². The van der Waals surface area contributed by atoms with Crippen LogP contribution in [0.1, 0.15) is 29.3 Å². The minimum Gasteiger partial charge on any atom is -0.479 e. The van der Waals surface area contributed by atoms with E-state index in [9.17, 15) is 9.59 Å². The summed E-state index contributed by atoms with van der Waals surface area (Å²) in [7, 11) is 0. The first kappa shape index (κ1) is 12.7. The van der Waals surface area contributed by atoms with Gasteiger partial charge >= 0.3 is 11.9 Å². The molecule has 0 spiro atoms. The highest BCUT2D eigenvalue weighted by Gasteiger charge is 2.20. The molecule has 17 heavy (non-hydrogen) atoms. The average Bonchev–Trinajstić information content (AvgIpc) is 2.35. The Morgan fingerprint density at radius 3 is 2.76 bits per heavy atom. The molecule has 88 valence electrons. The molecule has 0 saturated heterocycles. The molecule has 5 heteroatoms. The lowest BCUT2D eigenvalue weighted by molar-refractivity contribution is -0.147. The predicted octanol–water partition coefficient (Wildman–Crippen LogP) is 1.58. The molecule has 0 aliphatic rings. The number of carbonyl (C=O) groups is 2. The van der Waals surface area contributed by atoms with Crippen molar-refractivity contribution in [3.05, 3.63) is 35.4 Å². The molecule has 0 heterocycles. The van der Waals surface area contributed by atoms with Gasteiger partial charge in [-0.05, 0) is 24.6 Å². The van der Waals surface area contributed by atoms with E-state index in [1.165, 1.54) is 18.2 Å². The predicted molar refractivity (Wildman–Crippen MR) is 58.3 cm³/mol. The number of ether oxygens (including phenoxy) is 1. The number of esters is 1. The Labute approximate surface area is 98.2 Å². The molecule has 1 atom stereocenters. The van der Waals surface area contributed by atoms with Crippen LogP contribution >= 0.6 is 0 Å². The number of hydrogen-bond donors (Lipinski definition) is 1. The van der Waals surface area contributed by atoms with Gasteiger partial charge in [-0.1, -0.05) is 13.0 Å². The van der Waals surface area contributed by atoms with Crippen LogP contribution in [0.4, 0.5) is 0 Å². The summed E-state index contributed by atoms with van der Waals surface area (Å²) in [5.41, 5.74) is 0.492. The van der Waals surface area contributed by atoms with Crippen LogP contribution in [0.3, 0.4) is 0 Å². The van der Waals surface area contributed by atoms with Crippen LogP contribution in [0.5, 0.6) is 0 Å². The molecule has 0 radical (unpaired) electrons. The minimum absolute atomic E-state index is 0.170. The third-order valence-electron chi connectivity index (χ3n) is 2.12. The first-order chi connectivity index (χ1) is 8.08. The molecule has 5 nitrogen and oxygen atoms in total. The van der Waals surface area contributed by atoms with E-state index >= 15 is 0 Å². The van der Waals surface area contributed by atoms with Crippen molar-refractivity contribution in [1.82, 2.24) is 0 Å².